The Morgan fingerprint density at radius 1 is 1.40 bits per heavy atom. The van der Waals surface area contributed by atoms with E-state index in [-0.39, 0.29) is 0 Å². The molecule has 0 spiro atoms. The van der Waals surface area contributed by atoms with Crippen LogP contribution < -0.4 is 5.32 Å². The topological polar surface area (TPSA) is 47.7 Å². The molecule has 0 unspecified atom stereocenters. The monoisotopic (exact) mass is 295 g/mol. The molecule has 0 aliphatic heterocycles. The van der Waals surface area contributed by atoms with Crippen LogP contribution in [0.5, 0.6) is 0 Å². The van der Waals surface area contributed by atoms with E-state index in [9.17, 15) is 0 Å². The van der Waals surface area contributed by atoms with Crippen molar-refractivity contribution in [2.75, 3.05) is 6.54 Å². The van der Waals surface area contributed by atoms with Gasteiger partial charge in [-0.3, -0.25) is 9.36 Å². The molecule has 2 rings (SSSR count). The lowest BCUT2D eigenvalue weighted by Crippen LogP contribution is -2.32. The van der Waals surface area contributed by atoms with E-state index >= 15 is 0 Å². The molecule has 0 saturated heterocycles. The van der Waals surface area contributed by atoms with Gasteiger partial charge in [-0.15, -0.1) is 0 Å². The molecule has 1 atom stereocenters. The van der Waals surface area contributed by atoms with E-state index in [1.165, 1.54) is 5.69 Å². The quantitative estimate of drug-likeness (QED) is 0.798. The number of aromatic nitrogens is 4. The highest BCUT2D eigenvalue weighted by Crippen LogP contribution is 2.05. The van der Waals surface area contributed by atoms with Crippen LogP contribution in [0.2, 0.25) is 5.02 Å². The fourth-order valence-electron chi connectivity index (χ4n) is 2.23. The first-order valence-electron chi connectivity index (χ1n) is 6.97. The van der Waals surface area contributed by atoms with Crippen molar-refractivity contribution in [1.82, 2.24) is 24.9 Å². The van der Waals surface area contributed by atoms with Crippen molar-refractivity contribution in [2.45, 2.75) is 46.3 Å². The van der Waals surface area contributed by atoms with Crippen LogP contribution in [0, 0.1) is 13.8 Å². The van der Waals surface area contributed by atoms with E-state index in [0.29, 0.717) is 11.1 Å². The first-order chi connectivity index (χ1) is 9.54. The molecule has 2 heterocycles. The number of hydrogen-bond acceptors (Lipinski definition) is 3. The summed E-state index contributed by atoms with van der Waals surface area (Å²) in [6.07, 6.45) is 4.54. The van der Waals surface area contributed by atoms with Crippen LogP contribution in [0.3, 0.4) is 0 Å². The Balaban J connectivity index is 1.67. The van der Waals surface area contributed by atoms with Crippen molar-refractivity contribution in [1.29, 1.82) is 0 Å². The fraction of sp³-hybridized carbons (Fsp3) is 0.571. The van der Waals surface area contributed by atoms with Crippen molar-refractivity contribution in [3.63, 3.8) is 0 Å². The van der Waals surface area contributed by atoms with Gasteiger partial charge in [0.05, 0.1) is 23.5 Å². The van der Waals surface area contributed by atoms with Crippen LogP contribution in [0.15, 0.2) is 18.5 Å². The Bertz CT molecular complexity index is 546. The molecule has 2 aromatic heterocycles. The minimum absolute atomic E-state index is 0.397. The van der Waals surface area contributed by atoms with Crippen LogP contribution >= 0.6 is 11.6 Å². The summed E-state index contributed by atoms with van der Waals surface area (Å²) in [6, 6.07) is 2.50. The van der Waals surface area contributed by atoms with E-state index in [4.69, 9.17) is 11.6 Å². The molecular formula is C14H22ClN5. The Morgan fingerprint density at radius 3 is 2.80 bits per heavy atom. The van der Waals surface area contributed by atoms with Gasteiger partial charge in [-0.1, -0.05) is 11.6 Å². The summed E-state index contributed by atoms with van der Waals surface area (Å²) in [5, 5.41) is 12.8. The third-order valence-corrected chi connectivity index (χ3v) is 3.40. The normalized spacial score (nSPS) is 12.8. The van der Waals surface area contributed by atoms with Crippen LogP contribution in [-0.2, 0) is 13.1 Å². The van der Waals surface area contributed by atoms with Crippen LogP contribution in [0.4, 0.5) is 0 Å². The van der Waals surface area contributed by atoms with Crippen molar-refractivity contribution in [3.8, 4) is 0 Å². The second-order valence-electron chi connectivity index (χ2n) is 5.24. The molecule has 0 radical (unpaired) electrons. The van der Waals surface area contributed by atoms with E-state index in [2.05, 4.69) is 40.1 Å². The van der Waals surface area contributed by atoms with Crippen molar-refractivity contribution in [3.05, 3.63) is 34.9 Å². The Hall–Kier alpha value is -1.33. The molecule has 20 heavy (non-hydrogen) atoms. The molecule has 0 bridgehead atoms. The molecular weight excluding hydrogens is 274 g/mol. The largest absolute Gasteiger partial charge is 0.312 e. The SMILES string of the molecule is Cc1cc(C)n(C[C@H](C)NCCCn2cc(Cl)cn2)n1. The molecule has 110 valence electrons. The fourth-order valence-corrected chi connectivity index (χ4v) is 2.39. The summed E-state index contributed by atoms with van der Waals surface area (Å²) >= 11 is 5.82. The minimum atomic E-state index is 0.397. The van der Waals surface area contributed by atoms with Gasteiger partial charge in [-0.2, -0.15) is 10.2 Å². The van der Waals surface area contributed by atoms with Gasteiger partial charge in [0, 0.05) is 24.5 Å². The zero-order valence-corrected chi connectivity index (χ0v) is 13.1. The smallest absolute Gasteiger partial charge is 0.0785 e. The number of nitrogens with one attached hydrogen (secondary N) is 1. The molecule has 0 saturated carbocycles. The van der Waals surface area contributed by atoms with Gasteiger partial charge < -0.3 is 5.32 Å². The van der Waals surface area contributed by atoms with Gasteiger partial charge in [0.1, 0.15) is 0 Å². The molecule has 0 fully saturated rings. The molecule has 1 N–H and O–H groups in total. The van der Waals surface area contributed by atoms with E-state index in [1.807, 2.05) is 17.8 Å². The van der Waals surface area contributed by atoms with Gasteiger partial charge in [0.2, 0.25) is 0 Å². The third kappa shape index (κ3) is 4.35. The number of hydrogen-bond donors (Lipinski definition) is 1. The van der Waals surface area contributed by atoms with Crippen molar-refractivity contribution < 1.29 is 0 Å². The summed E-state index contributed by atoms with van der Waals surface area (Å²) in [5.41, 5.74) is 2.28. The Labute approximate surface area is 124 Å². The number of rotatable bonds is 7. The average Bonchev–Trinajstić information content (AvgIpc) is 2.92. The summed E-state index contributed by atoms with van der Waals surface area (Å²) in [6.45, 7) is 9.03. The third-order valence-electron chi connectivity index (χ3n) is 3.21. The second kappa shape index (κ2) is 6.90. The van der Waals surface area contributed by atoms with Gasteiger partial charge in [0.25, 0.3) is 0 Å². The van der Waals surface area contributed by atoms with Crippen molar-refractivity contribution in [2.24, 2.45) is 0 Å². The summed E-state index contributed by atoms with van der Waals surface area (Å²) in [4.78, 5) is 0. The zero-order chi connectivity index (χ0) is 14.5. The minimum Gasteiger partial charge on any atom is -0.312 e. The highest BCUT2D eigenvalue weighted by Gasteiger charge is 2.06. The second-order valence-corrected chi connectivity index (χ2v) is 5.68. The summed E-state index contributed by atoms with van der Waals surface area (Å²) in [7, 11) is 0. The maximum absolute atomic E-state index is 5.82. The lowest BCUT2D eigenvalue weighted by Gasteiger charge is -2.15. The van der Waals surface area contributed by atoms with Gasteiger partial charge in [-0.05, 0) is 39.8 Å². The number of aryl methyl sites for hydroxylation is 3. The highest BCUT2D eigenvalue weighted by atomic mass is 35.5. The molecule has 6 heteroatoms. The number of nitrogens with zero attached hydrogens (tertiary/aromatic N) is 4. The summed E-state index contributed by atoms with van der Waals surface area (Å²) in [5.74, 6) is 0. The lowest BCUT2D eigenvalue weighted by atomic mass is 10.3. The summed E-state index contributed by atoms with van der Waals surface area (Å²) < 4.78 is 3.93. The predicted octanol–water partition coefficient (Wildman–Crippen LogP) is 2.42. The van der Waals surface area contributed by atoms with E-state index in [1.54, 1.807) is 6.20 Å². The van der Waals surface area contributed by atoms with Gasteiger partial charge in [0.15, 0.2) is 0 Å². The standard InChI is InChI=1S/C14H22ClN5/c1-11-7-13(3)20(18-11)9-12(2)16-5-4-6-19-10-14(15)8-17-19/h7-8,10,12,16H,4-6,9H2,1-3H3/t12-/m0/s1. The Morgan fingerprint density at radius 2 is 2.20 bits per heavy atom. The van der Waals surface area contributed by atoms with Crippen LogP contribution in [0.1, 0.15) is 24.7 Å². The van der Waals surface area contributed by atoms with Crippen LogP contribution in [-0.4, -0.2) is 32.1 Å². The Kier molecular flexibility index (Phi) is 5.20. The average molecular weight is 296 g/mol. The molecule has 0 aliphatic carbocycles. The zero-order valence-electron chi connectivity index (χ0n) is 12.3. The molecule has 0 aromatic carbocycles. The van der Waals surface area contributed by atoms with Gasteiger partial charge >= 0.3 is 0 Å². The maximum Gasteiger partial charge on any atom is 0.0785 e. The molecule has 0 aliphatic rings. The highest BCUT2D eigenvalue weighted by molar-refractivity contribution is 6.30. The predicted molar refractivity (Wildman–Crippen MR) is 81.0 cm³/mol. The molecule has 5 nitrogen and oxygen atoms in total. The molecule has 0 amide bonds. The first kappa shape index (κ1) is 15.1. The van der Waals surface area contributed by atoms with Gasteiger partial charge in [-0.25, -0.2) is 0 Å². The van der Waals surface area contributed by atoms with Crippen molar-refractivity contribution >= 4 is 11.6 Å². The maximum atomic E-state index is 5.82. The number of halogens is 1. The van der Waals surface area contributed by atoms with E-state index in [0.717, 1.165) is 31.7 Å². The van der Waals surface area contributed by atoms with Crippen LogP contribution in [0.25, 0.3) is 0 Å². The molecule has 2 aromatic rings. The first-order valence-corrected chi connectivity index (χ1v) is 7.35. The lowest BCUT2D eigenvalue weighted by molar-refractivity contribution is 0.430. The van der Waals surface area contributed by atoms with E-state index < -0.39 is 0 Å².